The summed E-state index contributed by atoms with van der Waals surface area (Å²) in [5, 5.41) is 10.7. The van der Waals surface area contributed by atoms with E-state index in [1.54, 1.807) is 12.1 Å². The number of nitro groups is 1. The molecule has 0 fully saturated rings. The Labute approximate surface area is 125 Å². The van der Waals surface area contributed by atoms with E-state index in [0.717, 1.165) is 0 Å². The second kappa shape index (κ2) is 6.49. The van der Waals surface area contributed by atoms with Gasteiger partial charge in [0.2, 0.25) is 0 Å². The molecular weight excluding hydrogens is 288 g/mol. The van der Waals surface area contributed by atoms with Gasteiger partial charge < -0.3 is 10.5 Å². The molecule has 0 saturated heterocycles. The van der Waals surface area contributed by atoms with E-state index in [1.165, 1.54) is 36.4 Å². The van der Waals surface area contributed by atoms with Crippen molar-refractivity contribution in [1.82, 2.24) is 0 Å². The van der Waals surface area contributed by atoms with Crippen LogP contribution >= 0.6 is 0 Å². The molecule has 0 saturated carbocycles. The van der Waals surface area contributed by atoms with Crippen LogP contribution in [0.15, 0.2) is 48.5 Å². The lowest BCUT2D eigenvalue weighted by Crippen LogP contribution is -2.16. The van der Waals surface area contributed by atoms with Gasteiger partial charge in [-0.2, -0.15) is 0 Å². The molecule has 7 nitrogen and oxygen atoms in total. The Morgan fingerprint density at radius 2 is 1.86 bits per heavy atom. The molecule has 0 unspecified atom stereocenters. The van der Waals surface area contributed by atoms with Gasteiger partial charge in [0.15, 0.2) is 12.4 Å². The van der Waals surface area contributed by atoms with Gasteiger partial charge in [0, 0.05) is 17.7 Å². The van der Waals surface area contributed by atoms with Crippen LogP contribution in [0, 0.1) is 10.1 Å². The number of nitrogens with two attached hydrogens (primary N) is 1. The second-order valence-corrected chi connectivity index (χ2v) is 4.38. The number of benzene rings is 2. The molecule has 112 valence electrons. The van der Waals surface area contributed by atoms with Crippen molar-refractivity contribution in [3.63, 3.8) is 0 Å². The Bertz CT molecular complexity index is 742. The molecule has 0 bridgehead atoms. The fourth-order valence-corrected chi connectivity index (χ4v) is 1.82. The molecule has 0 radical (unpaired) electrons. The lowest BCUT2D eigenvalue weighted by atomic mass is 10.1. The number of carbonyl (C=O) groups is 2. The number of rotatable bonds is 6. The van der Waals surface area contributed by atoms with E-state index in [0.29, 0.717) is 0 Å². The highest BCUT2D eigenvalue weighted by Gasteiger charge is 2.14. The van der Waals surface area contributed by atoms with Gasteiger partial charge in [-0.1, -0.05) is 24.3 Å². The van der Waals surface area contributed by atoms with E-state index in [9.17, 15) is 19.7 Å². The standard InChI is InChI=1S/C15H12N2O5/c16-15(19)12-6-1-2-7-14(12)22-9-13(18)10-4-3-5-11(8-10)17(20)21/h1-8H,9H2,(H2,16,19). The maximum atomic E-state index is 12.0. The predicted octanol–water partition coefficient (Wildman–Crippen LogP) is 1.96. The van der Waals surface area contributed by atoms with Gasteiger partial charge in [0.1, 0.15) is 5.75 Å². The topological polar surface area (TPSA) is 113 Å². The van der Waals surface area contributed by atoms with Gasteiger partial charge in [-0.25, -0.2) is 0 Å². The summed E-state index contributed by atoms with van der Waals surface area (Å²) < 4.78 is 5.29. The lowest BCUT2D eigenvalue weighted by molar-refractivity contribution is -0.384. The highest BCUT2D eigenvalue weighted by Crippen LogP contribution is 2.18. The van der Waals surface area contributed by atoms with Gasteiger partial charge >= 0.3 is 0 Å². The molecule has 0 aliphatic heterocycles. The summed E-state index contributed by atoms with van der Waals surface area (Å²) in [4.78, 5) is 33.4. The zero-order valence-corrected chi connectivity index (χ0v) is 11.4. The van der Waals surface area contributed by atoms with Gasteiger partial charge in [-0.3, -0.25) is 19.7 Å². The number of non-ortho nitro benzene ring substituents is 1. The zero-order chi connectivity index (χ0) is 16.1. The fourth-order valence-electron chi connectivity index (χ4n) is 1.82. The molecule has 0 aliphatic rings. The number of carbonyl (C=O) groups excluding carboxylic acids is 2. The van der Waals surface area contributed by atoms with Crippen LogP contribution in [0.2, 0.25) is 0 Å². The van der Waals surface area contributed by atoms with Gasteiger partial charge in [0.05, 0.1) is 10.5 Å². The van der Waals surface area contributed by atoms with Gasteiger partial charge in [0.25, 0.3) is 11.6 Å². The Hall–Kier alpha value is -3.22. The molecule has 7 heteroatoms. The van der Waals surface area contributed by atoms with Crippen LogP contribution in [-0.4, -0.2) is 23.2 Å². The minimum absolute atomic E-state index is 0.158. The molecule has 2 N–H and O–H groups in total. The summed E-state index contributed by atoms with van der Waals surface area (Å²) in [6.07, 6.45) is 0. The van der Waals surface area contributed by atoms with Crippen molar-refractivity contribution in [3.8, 4) is 5.75 Å². The first-order valence-electron chi connectivity index (χ1n) is 6.28. The number of para-hydroxylation sites is 1. The van der Waals surface area contributed by atoms with Crippen LogP contribution < -0.4 is 10.5 Å². The van der Waals surface area contributed by atoms with Crippen LogP contribution in [-0.2, 0) is 0 Å². The molecule has 2 aromatic rings. The van der Waals surface area contributed by atoms with E-state index in [1.807, 2.05) is 0 Å². The van der Waals surface area contributed by atoms with Crippen molar-refractivity contribution >= 4 is 17.4 Å². The molecule has 0 aliphatic carbocycles. The van der Waals surface area contributed by atoms with E-state index in [4.69, 9.17) is 10.5 Å². The normalized spacial score (nSPS) is 10.0. The zero-order valence-electron chi connectivity index (χ0n) is 11.4. The minimum atomic E-state index is -0.668. The first-order chi connectivity index (χ1) is 10.5. The van der Waals surface area contributed by atoms with Crippen molar-refractivity contribution < 1.29 is 19.2 Å². The number of amides is 1. The fraction of sp³-hybridized carbons (Fsp3) is 0.0667. The molecule has 0 heterocycles. The number of ether oxygens (including phenoxy) is 1. The maximum absolute atomic E-state index is 12.0. The SMILES string of the molecule is NC(=O)c1ccccc1OCC(=O)c1cccc([N+](=O)[O-])c1. The third-order valence-corrected chi connectivity index (χ3v) is 2.89. The average Bonchev–Trinajstić information content (AvgIpc) is 2.52. The van der Waals surface area contributed by atoms with Crippen molar-refractivity contribution in [2.45, 2.75) is 0 Å². The number of nitrogens with zero attached hydrogens (tertiary/aromatic N) is 1. The Kier molecular flexibility index (Phi) is 4.47. The number of hydrogen-bond donors (Lipinski definition) is 1. The van der Waals surface area contributed by atoms with E-state index in [-0.39, 0.29) is 29.2 Å². The van der Waals surface area contributed by atoms with Crippen LogP contribution in [0.3, 0.4) is 0 Å². The molecule has 2 rings (SSSR count). The van der Waals surface area contributed by atoms with E-state index >= 15 is 0 Å². The molecule has 0 aromatic heterocycles. The highest BCUT2D eigenvalue weighted by atomic mass is 16.6. The third kappa shape index (κ3) is 3.45. The quantitative estimate of drug-likeness (QED) is 0.497. The lowest BCUT2D eigenvalue weighted by Gasteiger charge is -2.08. The monoisotopic (exact) mass is 300 g/mol. The number of Topliss-reactive ketones (excluding diaryl/α,β-unsaturated/α-hetero) is 1. The van der Waals surface area contributed by atoms with Crippen LogP contribution in [0.1, 0.15) is 20.7 Å². The average molecular weight is 300 g/mol. The van der Waals surface area contributed by atoms with Crippen molar-refractivity contribution in [2.24, 2.45) is 5.73 Å². The summed E-state index contributed by atoms with van der Waals surface area (Å²) in [6, 6.07) is 11.6. The van der Waals surface area contributed by atoms with E-state index < -0.39 is 16.6 Å². The van der Waals surface area contributed by atoms with Crippen molar-refractivity contribution in [3.05, 3.63) is 69.8 Å². The van der Waals surface area contributed by atoms with E-state index in [2.05, 4.69) is 0 Å². The van der Waals surface area contributed by atoms with Gasteiger partial charge in [-0.15, -0.1) is 0 Å². The largest absolute Gasteiger partial charge is 0.485 e. The first kappa shape index (κ1) is 15.2. The van der Waals surface area contributed by atoms with Gasteiger partial charge in [-0.05, 0) is 12.1 Å². The minimum Gasteiger partial charge on any atom is -0.485 e. The first-order valence-corrected chi connectivity index (χ1v) is 6.28. The smallest absolute Gasteiger partial charge is 0.270 e. The number of ketones is 1. The highest BCUT2D eigenvalue weighted by molar-refractivity contribution is 5.98. The Morgan fingerprint density at radius 1 is 1.14 bits per heavy atom. The summed E-state index contributed by atoms with van der Waals surface area (Å²) in [5.74, 6) is -0.921. The van der Waals surface area contributed by atoms with Crippen molar-refractivity contribution in [1.29, 1.82) is 0 Å². The molecule has 0 spiro atoms. The van der Waals surface area contributed by atoms with Crippen molar-refractivity contribution in [2.75, 3.05) is 6.61 Å². The number of nitro benzene ring substituents is 1. The maximum Gasteiger partial charge on any atom is 0.270 e. The molecular formula is C15H12N2O5. The Morgan fingerprint density at radius 3 is 2.55 bits per heavy atom. The summed E-state index contributed by atoms with van der Waals surface area (Å²) in [5.41, 5.74) is 5.35. The van der Waals surface area contributed by atoms with Crippen LogP contribution in [0.25, 0.3) is 0 Å². The van der Waals surface area contributed by atoms with Crippen LogP contribution in [0.4, 0.5) is 5.69 Å². The summed E-state index contributed by atoms with van der Waals surface area (Å²) >= 11 is 0. The Balaban J connectivity index is 2.12. The third-order valence-electron chi connectivity index (χ3n) is 2.89. The second-order valence-electron chi connectivity index (χ2n) is 4.38. The number of hydrogen-bond acceptors (Lipinski definition) is 5. The molecule has 2 aromatic carbocycles. The summed E-state index contributed by atoms with van der Waals surface area (Å²) in [7, 11) is 0. The molecule has 1 amide bonds. The molecule has 0 atom stereocenters. The van der Waals surface area contributed by atoms with Crippen LogP contribution in [0.5, 0.6) is 5.75 Å². The predicted molar refractivity (Wildman–Crippen MR) is 77.9 cm³/mol. The molecule has 22 heavy (non-hydrogen) atoms. The number of primary amides is 1. The summed E-state index contributed by atoms with van der Waals surface area (Å²) in [6.45, 7) is -0.356.